The Morgan fingerprint density at radius 2 is 1.89 bits per heavy atom. The van der Waals surface area contributed by atoms with Crippen LogP contribution < -0.4 is 5.32 Å². The number of nitrogens with one attached hydrogen (secondary N) is 1. The van der Waals surface area contributed by atoms with Crippen molar-refractivity contribution in [2.24, 2.45) is 5.92 Å². The highest BCUT2D eigenvalue weighted by molar-refractivity contribution is 7.90. The van der Waals surface area contributed by atoms with Gasteiger partial charge in [-0.15, -0.1) is 0 Å². The first-order valence-electron chi connectivity index (χ1n) is 13.1. The first kappa shape index (κ1) is 24.2. The van der Waals surface area contributed by atoms with Crippen LogP contribution in [0.3, 0.4) is 0 Å². The van der Waals surface area contributed by atoms with Gasteiger partial charge in [-0.25, -0.2) is 18.4 Å². The zero-order valence-electron chi connectivity index (χ0n) is 21.4. The molecule has 4 aromatic rings. The third-order valence-electron chi connectivity index (χ3n) is 7.84. The van der Waals surface area contributed by atoms with E-state index in [0.717, 1.165) is 77.3 Å². The largest absolute Gasteiger partial charge is 0.321 e. The summed E-state index contributed by atoms with van der Waals surface area (Å²) in [5.74, 6) is 2.21. The maximum Gasteiger partial charge on any atom is 0.230 e. The molecule has 0 bridgehead atoms. The van der Waals surface area contributed by atoms with Crippen LogP contribution in [0.2, 0.25) is 0 Å². The Bertz CT molecular complexity index is 1560. The molecule has 194 valence electrons. The number of rotatable bonds is 6. The number of sulfone groups is 1. The third kappa shape index (κ3) is 5.04. The molecule has 1 saturated carbocycles. The SMILES string of the molecule is CC1CCC(n2c3cnccc3c3cnc(Nc4ccc5c(n4)CCN(CCS(C)(=O)=O)C5)nc32)CC1. The van der Waals surface area contributed by atoms with Crippen molar-refractivity contribution in [3.05, 3.63) is 48.0 Å². The zero-order chi connectivity index (χ0) is 25.6. The lowest BCUT2D eigenvalue weighted by Gasteiger charge is -2.28. The summed E-state index contributed by atoms with van der Waals surface area (Å²) < 4.78 is 25.4. The van der Waals surface area contributed by atoms with Crippen LogP contribution >= 0.6 is 0 Å². The number of aromatic nitrogens is 5. The average Bonchev–Trinajstić information content (AvgIpc) is 3.21. The van der Waals surface area contributed by atoms with Gasteiger partial charge in [0, 0.05) is 67.2 Å². The van der Waals surface area contributed by atoms with E-state index in [4.69, 9.17) is 9.97 Å². The van der Waals surface area contributed by atoms with Gasteiger partial charge in [0.15, 0.2) is 0 Å². The maximum atomic E-state index is 11.5. The smallest absolute Gasteiger partial charge is 0.230 e. The van der Waals surface area contributed by atoms with Crippen LogP contribution in [0, 0.1) is 5.92 Å². The first-order valence-corrected chi connectivity index (χ1v) is 15.2. The van der Waals surface area contributed by atoms with Gasteiger partial charge < -0.3 is 9.88 Å². The van der Waals surface area contributed by atoms with Crippen LogP contribution in [0.25, 0.3) is 21.9 Å². The summed E-state index contributed by atoms with van der Waals surface area (Å²) in [5, 5.41) is 5.52. The Balaban J connectivity index is 1.27. The van der Waals surface area contributed by atoms with E-state index in [9.17, 15) is 8.42 Å². The van der Waals surface area contributed by atoms with Gasteiger partial charge >= 0.3 is 0 Å². The van der Waals surface area contributed by atoms with Gasteiger partial charge in [0.05, 0.1) is 17.5 Å². The van der Waals surface area contributed by atoms with Gasteiger partial charge in [0.25, 0.3) is 0 Å². The minimum absolute atomic E-state index is 0.182. The van der Waals surface area contributed by atoms with E-state index >= 15 is 0 Å². The molecule has 1 fully saturated rings. The first-order chi connectivity index (χ1) is 17.8. The van der Waals surface area contributed by atoms with Crippen LogP contribution in [0.1, 0.15) is 49.9 Å². The highest BCUT2D eigenvalue weighted by atomic mass is 32.2. The number of pyridine rings is 2. The summed E-state index contributed by atoms with van der Waals surface area (Å²) in [4.78, 5) is 21.0. The molecule has 6 rings (SSSR count). The average molecular weight is 520 g/mol. The molecule has 1 aliphatic heterocycles. The highest BCUT2D eigenvalue weighted by Gasteiger charge is 2.25. The second kappa shape index (κ2) is 9.64. The molecule has 5 heterocycles. The van der Waals surface area contributed by atoms with E-state index in [0.29, 0.717) is 18.5 Å². The molecule has 1 N–H and O–H groups in total. The molecule has 0 aromatic carbocycles. The van der Waals surface area contributed by atoms with E-state index in [2.05, 4.69) is 43.8 Å². The molecule has 0 unspecified atom stereocenters. The molecule has 0 saturated heterocycles. The Hall–Kier alpha value is -3.11. The Kier molecular flexibility index (Phi) is 6.32. The molecule has 2 aliphatic rings. The number of nitrogens with zero attached hydrogens (tertiary/aromatic N) is 6. The van der Waals surface area contributed by atoms with E-state index in [1.165, 1.54) is 19.1 Å². The number of hydrogen-bond acceptors (Lipinski definition) is 8. The Morgan fingerprint density at radius 3 is 2.70 bits per heavy atom. The fourth-order valence-corrected chi connectivity index (χ4v) is 6.33. The van der Waals surface area contributed by atoms with Crippen LogP contribution in [-0.4, -0.2) is 62.9 Å². The van der Waals surface area contributed by atoms with E-state index < -0.39 is 9.84 Å². The highest BCUT2D eigenvalue weighted by Crippen LogP contribution is 2.38. The van der Waals surface area contributed by atoms with Crippen LogP contribution in [0.4, 0.5) is 11.8 Å². The predicted molar refractivity (Wildman–Crippen MR) is 146 cm³/mol. The zero-order valence-corrected chi connectivity index (χ0v) is 22.2. The summed E-state index contributed by atoms with van der Waals surface area (Å²) in [6.45, 7) is 4.41. The van der Waals surface area contributed by atoms with Crippen molar-refractivity contribution in [3.63, 3.8) is 0 Å². The second-order valence-corrected chi connectivity index (χ2v) is 13.0. The monoisotopic (exact) mass is 519 g/mol. The summed E-state index contributed by atoms with van der Waals surface area (Å²) in [7, 11) is -2.97. The van der Waals surface area contributed by atoms with Gasteiger partial charge in [-0.3, -0.25) is 9.88 Å². The Morgan fingerprint density at radius 1 is 1.05 bits per heavy atom. The quantitative estimate of drug-likeness (QED) is 0.403. The minimum Gasteiger partial charge on any atom is -0.321 e. The molecule has 0 atom stereocenters. The Labute approximate surface area is 217 Å². The normalized spacial score (nSPS) is 20.8. The summed E-state index contributed by atoms with van der Waals surface area (Å²) in [5.41, 5.74) is 4.24. The fraction of sp³-hybridized carbons (Fsp3) is 0.481. The molecule has 37 heavy (non-hydrogen) atoms. The van der Waals surface area contributed by atoms with Crippen molar-refractivity contribution in [3.8, 4) is 0 Å². The molecule has 4 aromatic heterocycles. The summed E-state index contributed by atoms with van der Waals surface area (Å²) in [6, 6.07) is 6.49. The van der Waals surface area contributed by atoms with E-state index in [-0.39, 0.29) is 5.75 Å². The lowest BCUT2D eigenvalue weighted by atomic mass is 9.87. The van der Waals surface area contributed by atoms with Gasteiger partial charge in [-0.1, -0.05) is 13.0 Å². The molecule has 0 radical (unpaired) electrons. The van der Waals surface area contributed by atoms with Crippen molar-refractivity contribution >= 4 is 43.5 Å². The summed E-state index contributed by atoms with van der Waals surface area (Å²) in [6.07, 6.45) is 12.5. The molecular weight excluding hydrogens is 486 g/mol. The van der Waals surface area contributed by atoms with Gasteiger partial charge in [-0.05, 0) is 49.3 Å². The second-order valence-electron chi connectivity index (χ2n) is 10.7. The lowest BCUT2D eigenvalue weighted by molar-refractivity contribution is 0.267. The minimum atomic E-state index is -2.97. The van der Waals surface area contributed by atoms with Crippen LogP contribution in [0.15, 0.2) is 36.8 Å². The third-order valence-corrected chi connectivity index (χ3v) is 8.77. The van der Waals surface area contributed by atoms with E-state index in [1.54, 1.807) is 0 Å². The standard InChI is InChI=1S/C27H33N7O2S/c1-18-3-6-20(7-4-18)34-24-16-28-11-9-21(24)22-15-29-27(32-26(22)34)31-25-8-5-19-17-33(12-10-23(19)30-25)13-14-37(2,35)36/h5,8-9,11,15-16,18,20H,3-4,6-7,10,12-14,17H2,1-2H3,(H,29,30,31,32). The maximum absolute atomic E-state index is 11.5. The van der Waals surface area contributed by atoms with Crippen molar-refractivity contribution < 1.29 is 8.42 Å². The van der Waals surface area contributed by atoms with Crippen molar-refractivity contribution in [1.29, 1.82) is 0 Å². The predicted octanol–water partition coefficient (Wildman–Crippen LogP) is 4.27. The topological polar surface area (TPSA) is 106 Å². The van der Waals surface area contributed by atoms with Crippen LogP contribution in [-0.2, 0) is 22.8 Å². The number of anilines is 2. The number of fused-ring (bicyclic) bond motifs is 4. The van der Waals surface area contributed by atoms with Gasteiger partial charge in [0.1, 0.15) is 21.3 Å². The van der Waals surface area contributed by atoms with E-state index in [1.807, 2.05) is 24.7 Å². The molecule has 10 heteroatoms. The van der Waals surface area contributed by atoms with Gasteiger partial charge in [0.2, 0.25) is 5.95 Å². The lowest BCUT2D eigenvalue weighted by Crippen LogP contribution is -2.34. The van der Waals surface area contributed by atoms with Gasteiger partial charge in [-0.2, -0.15) is 4.98 Å². The molecular formula is C27H33N7O2S. The molecule has 9 nitrogen and oxygen atoms in total. The summed E-state index contributed by atoms with van der Waals surface area (Å²) >= 11 is 0. The number of hydrogen-bond donors (Lipinski definition) is 1. The van der Waals surface area contributed by atoms with Crippen molar-refractivity contribution in [2.75, 3.05) is 30.4 Å². The van der Waals surface area contributed by atoms with Crippen molar-refractivity contribution in [2.45, 2.75) is 51.6 Å². The van der Waals surface area contributed by atoms with Crippen molar-refractivity contribution in [1.82, 2.24) is 29.4 Å². The van der Waals surface area contributed by atoms with Crippen LogP contribution in [0.5, 0.6) is 0 Å². The fourth-order valence-electron chi connectivity index (χ4n) is 5.74. The molecule has 0 spiro atoms. The molecule has 1 aliphatic carbocycles. The molecule has 0 amide bonds.